The standard InChI is InChI=1S/C22H30N6O2/c1-17(2)19-5-3-18(4-6-19)16-23-26-20-15-21(27-7-11-29-12-8-27)25-22(24-20)28-9-13-30-14-10-28/h3-6,15,17H,7-14,16H2,1-2H3. The molecule has 2 aliphatic rings. The Morgan fingerprint density at radius 2 is 1.53 bits per heavy atom. The number of rotatable bonds is 6. The van der Waals surface area contributed by atoms with E-state index < -0.39 is 0 Å². The highest BCUT2D eigenvalue weighted by atomic mass is 16.5. The summed E-state index contributed by atoms with van der Waals surface area (Å²) in [6.07, 6.45) is 0. The van der Waals surface area contributed by atoms with Crippen LogP contribution in [0, 0.1) is 0 Å². The molecule has 0 amide bonds. The van der Waals surface area contributed by atoms with Crippen LogP contribution >= 0.6 is 0 Å². The van der Waals surface area contributed by atoms with Gasteiger partial charge >= 0.3 is 0 Å². The van der Waals surface area contributed by atoms with Gasteiger partial charge < -0.3 is 19.3 Å². The molecule has 8 nitrogen and oxygen atoms in total. The normalized spacial score (nSPS) is 17.8. The summed E-state index contributed by atoms with van der Waals surface area (Å²) in [6.45, 7) is 10.9. The van der Waals surface area contributed by atoms with Gasteiger partial charge in [0.05, 0.1) is 33.0 Å². The average Bonchev–Trinajstić information content (AvgIpc) is 2.80. The zero-order valence-corrected chi connectivity index (χ0v) is 17.8. The van der Waals surface area contributed by atoms with Crippen molar-refractivity contribution in [1.29, 1.82) is 0 Å². The molecule has 4 rings (SSSR count). The second-order valence-electron chi connectivity index (χ2n) is 7.88. The lowest BCUT2D eigenvalue weighted by atomic mass is 10.0. The fraction of sp³-hybridized carbons (Fsp3) is 0.545. The van der Waals surface area contributed by atoms with E-state index in [0.29, 0.717) is 50.7 Å². The van der Waals surface area contributed by atoms with E-state index in [2.05, 4.69) is 63.1 Å². The van der Waals surface area contributed by atoms with Crippen molar-refractivity contribution in [3.8, 4) is 0 Å². The van der Waals surface area contributed by atoms with Gasteiger partial charge in [-0.3, -0.25) is 0 Å². The molecule has 0 bridgehead atoms. The molecule has 0 unspecified atom stereocenters. The maximum Gasteiger partial charge on any atom is 0.229 e. The van der Waals surface area contributed by atoms with Gasteiger partial charge in [-0.15, -0.1) is 5.11 Å². The summed E-state index contributed by atoms with van der Waals surface area (Å²) in [5, 5.41) is 8.84. The quantitative estimate of drug-likeness (QED) is 0.678. The maximum absolute atomic E-state index is 5.48. The van der Waals surface area contributed by atoms with Crippen LogP contribution in [0.4, 0.5) is 17.6 Å². The minimum absolute atomic E-state index is 0.527. The Morgan fingerprint density at radius 1 is 0.900 bits per heavy atom. The van der Waals surface area contributed by atoms with E-state index >= 15 is 0 Å². The number of anilines is 2. The zero-order valence-electron chi connectivity index (χ0n) is 17.8. The lowest BCUT2D eigenvalue weighted by Gasteiger charge is -2.30. The van der Waals surface area contributed by atoms with Crippen molar-refractivity contribution >= 4 is 17.6 Å². The molecule has 1 aromatic carbocycles. The molecular formula is C22H30N6O2. The predicted molar refractivity (Wildman–Crippen MR) is 117 cm³/mol. The molecule has 0 spiro atoms. The molecule has 0 aliphatic carbocycles. The number of morpholine rings is 2. The molecule has 2 saturated heterocycles. The van der Waals surface area contributed by atoms with E-state index in [-0.39, 0.29) is 0 Å². The van der Waals surface area contributed by atoms with Gasteiger partial charge in [0, 0.05) is 32.2 Å². The van der Waals surface area contributed by atoms with Crippen molar-refractivity contribution in [2.24, 2.45) is 10.2 Å². The minimum atomic E-state index is 0.527. The van der Waals surface area contributed by atoms with Crippen molar-refractivity contribution in [2.75, 3.05) is 62.4 Å². The Balaban J connectivity index is 1.52. The van der Waals surface area contributed by atoms with Crippen molar-refractivity contribution in [1.82, 2.24) is 9.97 Å². The van der Waals surface area contributed by atoms with E-state index in [1.165, 1.54) is 5.56 Å². The second kappa shape index (κ2) is 9.95. The molecule has 2 aliphatic heterocycles. The number of ether oxygens (including phenoxy) is 2. The van der Waals surface area contributed by atoms with Crippen LogP contribution in [0.2, 0.25) is 0 Å². The van der Waals surface area contributed by atoms with Crippen LogP contribution in [0.15, 0.2) is 40.6 Å². The molecule has 0 N–H and O–H groups in total. The van der Waals surface area contributed by atoms with Gasteiger partial charge in [0.1, 0.15) is 5.82 Å². The third-order valence-corrected chi connectivity index (χ3v) is 5.39. The van der Waals surface area contributed by atoms with Crippen LogP contribution in [0.1, 0.15) is 30.9 Å². The van der Waals surface area contributed by atoms with Crippen LogP contribution in [0.25, 0.3) is 0 Å². The van der Waals surface area contributed by atoms with Gasteiger partial charge in [-0.1, -0.05) is 38.1 Å². The number of hydrogen-bond donors (Lipinski definition) is 0. The van der Waals surface area contributed by atoms with Crippen molar-refractivity contribution < 1.29 is 9.47 Å². The number of benzene rings is 1. The van der Waals surface area contributed by atoms with Crippen LogP contribution in [-0.2, 0) is 16.0 Å². The van der Waals surface area contributed by atoms with Crippen molar-refractivity contribution in [2.45, 2.75) is 26.3 Å². The van der Waals surface area contributed by atoms with E-state index in [1.54, 1.807) is 0 Å². The van der Waals surface area contributed by atoms with E-state index in [1.807, 2.05) is 6.07 Å². The first-order valence-electron chi connectivity index (χ1n) is 10.7. The summed E-state index contributed by atoms with van der Waals surface area (Å²) in [6, 6.07) is 10.5. The summed E-state index contributed by atoms with van der Waals surface area (Å²) in [4.78, 5) is 13.8. The summed E-state index contributed by atoms with van der Waals surface area (Å²) in [5.74, 6) is 2.69. The predicted octanol–water partition coefficient (Wildman–Crippen LogP) is 3.56. The highest BCUT2D eigenvalue weighted by molar-refractivity contribution is 5.52. The van der Waals surface area contributed by atoms with E-state index in [0.717, 1.165) is 37.6 Å². The monoisotopic (exact) mass is 410 g/mol. The van der Waals surface area contributed by atoms with Crippen LogP contribution in [0.3, 0.4) is 0 Å². The minimum Gasteiger partial charge on any atom is -0.378 e. The highest BCUT2D eigenvalue weighted by Crippen LogP contribution is 2.24. The van der Waals surface area contributed by atoms with Gasteiger partial charge in [-0.25, -0.2) is 0 Å². The summed E-state index contributed by atoms with van der Waals surface area (Å²) < 4.78 is 10.9. The van der Waals surface area contributed by atoms with Crippen LogP contribution in [0.5, 0.6) is 0 Å². The summed E-state index contributed by atoms with van der Waals surface area (Å²) >= 11 is 0. The van der Waals surface area contributed by atoms with Gasteiger partial charge in [0.15, 0.2) is 5.82 Å². The first-order valence-corrected chi connectivity index (χ1v) is 10.7. The Hall–Kier alpha value is -2.58. The molecule has 0 radical (unpaired) electrons. The number of nitrogens with zero attached hydrogens (tertiary/aromatic N) is 6. The first-order chi connectivity index (χ1) is 14.7. The van der Waals surface area contributed by atoms with E-state index in [9.17, 15) is 0 Å². The van der Waals surface area contributed by atoms with Gasteiger partial charge in [-0.2, -0.15) is 15.1 Å². The van der Waals surface area contributed by atoms with Crippen molar-refractivity contribution in [3.05, 3.63) is 41.5 Å². The van der Waals surface area contributed by atoms with Crippen LogP contribution in [-0.4, -0.2) is 62.6 Å². The number of hydrogen-bond acceptors (Lipinski definition) is 8. The topological polar surface area (TPSA) is 75.4 Å². The number of aromatic nitrogens is 2. The fourth-order valence-electron chi connectivity index (χ4n) is 3.52. The maximum atomic E-state index is 5.48. The molecule has 160 valence electrons. The molecule has 0 saturated carbocycles. The van der Waals surface area contributed by atoms with Gasteiger partial charge in [0.2, 0.25) is 5.95 Å². The molecule has 8 heteroatoms. The van der Waals surface area contributed by atoms with Gasteiger partial charge in [-0.05, 0) is 17.0 Å². The highest BCUT2D eigenvalue weighted by Gasteiger charge is 2.19. The Bertz CT molecular complexity index is 807. The third kappa shape index (κ3) is 5.31. The lowest BCUT2D eigenvalue weighted by Crippen LogP contribution is -2.39. The third-order valence-electron chi connectivity index (χ3n) is 5.39. The lowest BCUT2D eigenvalue weighted by molar-refractivity contribution is 0.121. The first kappa shape index (κ1) is 20.7. The average molecular weight is 411 g/mol. The smallest absolute Gasteiger partial charge is 0.229 e. The molecule has 0 atom stereocenters. The second-order valence-corrected chi connectivity index (χ2v) is 7.88. The molecule has 3 heterocycles. The van der Waals surface area contributed by atoms with Crippen molar-refractivity contribution in [3.63, 3.8) is 0 Å². The Morgan fingerprint density at radius 3 is 2.17 bits per heavy atom. The zero-order chi connectivity index (χ0) is 20.8. The molecule has 2 fully saturated rings. The van der Waals surface area contributed by atoms with Crippen LogP contribution < -0.4 is 9.80 Å². The number of azo groups is 1. The fourth-order valence-corrected chi connectivity index (χ4v) is 3.52. The SMILES string of the molecule is CC(C)c1ccc(CN=Nc2cc(N3CCOCC3)nc(N3CCOCC3)n2)cc1. The van der Waals surface area contributed by atoms with E-state index in [4.69, 9.17) is 14.5 Å². The molecule has 2 aromatic rings. The van der Waals surface area contributed by atoms with Gasteiger partial charge in [0.25, 0.3) is 0 Å². The molecular weight excluding hydrogens is 380 g/mol. The Labute approximate surface area is 177 Å². The largest absolute Gasteiger partial charge is 0.378 e. The molecule has 1 aromatic heterocycles. The Kier molecular flexibility index (Phi) is 6.86. The summed E-state index contributed by atoms with van der Waals surface area (Å²) in [7, 11) is 0. The molecule has 30 heavy (non-hydrogen) atoms. The summed E-state index contributed by atoms with van der Waals surface area (Å²) in [5.41, 5.74) is 2.47.